The Morgan fingerprint density at radius 2 is 1.74 bits per heavy atom. The van der Waals surface area contributed by atoms with Crippen LogP contribution < -0.4 is 4.72 Å². The van der Waals surface area contributed by atoms with Crippen molar-refractivity contribution in [3.63, 3.8) is 0 Å². The van der Waals surface area contributed by atoms with Gasteiger partial charge < -0.3 is 4.98 Å². The first-order valence-electron chi connectivity index (χ1n) is 7.03. The number of benzene rings is 1. The van der Waals surface area contributed by atoms with Crippen LogP contribution in [0.4, 0.5) is 5.69 Å². The third-order valence-electron chi connectivity index (χ3n) is 3.57. The summed E-state index contributed by atoms with van der Waals surface area (Å²) in [5.74, 6) is 0. The van der Waals surface area contributed by atoms with E-state index < -0.39 is 10.0 Å². The maximum atomic E-state index is 12.5. The number of nitrogens with zero attached hydrogens (tertiary/aromatic N) is 2. The van der Waals surface area contributed by atoms with Gasteiger partial charge in [-0.1, -0.05) is 12.1 Å². The Balaban J connectivity index is 1.88. The number of sulfonamides is 1. The lowest BCUT2D eigenvalue weighted by Crippen LogP contribution is -2.14. The molecule has 23 heavy (non-hydrogen) atoms. The second-order valence-electron chi connectivity index (χ2n) is 5.32. The average molecular weight is 331 g/mol. The quantitative estimate of drug-likeness (QED) is 0.683. The molecule has 0 bridgehead atoms. The van der Waals surface area contributed by atoms with E-state index in [1.54, 1.807) is 32.3 Å². The van der Waals surface area contributed by atoms with Crippen LogP contribution in [-0.4, -0.2) is 28.6 Å². The molecule has 3 rings (SSSR count). The van der Waals surface area contributed by atoms with Gasteiger partial charge in [-0.15, -0.1) is 0 Å². The summed E-state index contributed by atoms with van der Waals surface area (Å²) in [7, 11) is -3.67. The minimum absolute atomic E-state index is 0.185. The van der Waals surface area contributed by atoms with E-state index in [0.717, 1.165) is 17.0 Å². The van der Waals surface area contributed by atoms with Gasteiger partial charge in [-0.3, -0.25) is 9.82 Å². The van der Waals surface area contributed by atoms with E-state index in [1.165, 1.54) is 0 Å². The van der Waals surface area contributed by atoms with Crippen LogP contribution in [0.5, 0.6) is 0 Å². The van der Waals surface area contributed by atoms with Gasteiger partial charge in [0.1, 0.15) is 4.90 Å². The molecule has 0 spiro atoms. The molecule has 120 valence electrons. The lowest BCUT2D eigenvalue weighted by Gasteiger charge is -2.09. The van der Waals surface area contributed by atoms with Crippen molar-refractivity contribution < 1.29 is 8.42 Å². The van der Waals surface area contributed by atoms with E-state index in [-0.39, 0.29) is 4.90 Å². The summed E-state index contributed by atoms with van der Waals surface area (Å²) in [5.41, 5.74) is 4.17. The van der Waals surface area contributed by atoms with Crippen LogP contribution in [0.2, 0.25) is 0 Å². The number of aromatic nitrogens is 4. The fraction of sp³-hybridized carbons (Fsp3) is 0.200. The molecule has 1 aromatic carbocycles. The molecule has 0 amide bonds. The van der Waals surface area contributed by atoms with Gasteiger partial charge in [0.15, 0.2) is 0 Å². The van der Waals surface area contributed by atoms with Gasteiger partial charge in [0.25, 0.3) is 10.0 Å². The van der Waals surface area contributed by atoms with Gasteiger partial charge in [0, 0.05) is 16.9 Å². The highest BCUT2D eigenvalue weighted by atomic mass is 32.2. The number of nitrogens with one attached hydrogen (secondary N) is 3. The zero-order chi connectivity index (χ0) is 16.6. The van der Waals surface area contributed by atoms with Crippen LogP contribution in [0.1, 0.15) is 17.1 Å². The standard InChI is InChI=1S/C15H17N5O2S/c1-9-14(17-8-16-9)12-4-6-13(7-5-12)20-23(21,22)15-10(2)18-19-11(15)3/h4-8,20H,1-3H3,(H,16,17)(H,18,19). The first-order chi connectivity index (χ1) is 10.9. The lowest BCUT2D eigenvalue weighted by molar-refractivity contribution is 0.600. The van der Waals surface area contributed by atoms with Crippen LogP contribution in [0, 0.1) is 20.8 Å². The molecule has 0 atom stereocenters. The molecule has 0 unspecified atom stereocenters. The number of rotatable bonds is 4. The van der Waals surface area contributed by atoms with Crippen molar-refractivity contribution in [2.75, 3.05) is 4.72 Å². The van der Waals surface area contributed by atoms with Crippen molar-refractivity contribution in [1.29, 1.82) is 0 Å². The molecule has 0 saturated heterocycles. The SMILES string of the molecule is Cc1n[nH]c(C)c1S(=O)(=O)Nc1ccc(-c2nc[nH]c2C)cc1. The summed E-state index contributed by atoms with van der Waals surface area (Å²) in [6.45, 7) is 5.27. The highest BCUT2D eigenvalue weighted by Crippen LogP contribution is 2.24. The molecule has 0 saturated carbocycles. The third kappa shape index (κ3) is 2.85. The summed E-state index contributed by atoms with van der Waals surface area (Å²) in [6, 6.07) is 7.09. The van der Waals surface area contributed by atoms with Crippen molar-refractivity contribution in [1.82, 2.24) is 20.2 Å². The van der Waals surface area contributed by atoms with Gasteiger partial charge in [-0.25, -0.2) is 13.4 Å². The van der Waals surface area contributed by atoms with E-state index in [1.807, 2.05) is 19.1 Å². The van der Waals surface area contributed by atoms with Crippen molar-refractivity contribution in [3.05, 3.63) is 47.7 Å². The van der Waals surface area contributed by atoms with E-state index in [2.05, 4.69) is 24.9 Å². The number of anilines is 1. The summed E-state index contributed by atoms with van der Waals surface area (Å²) in [5, 5.41) is 6.61. The molecule has 3 N–H and O–H groups in total. The molecule has 8 heteroatoms. The topological polar surface area (TPSA) is 104 Å². The van der Waals surface area contributed by atoms with Gasteiger partial charge in [-0.2, -0.15) is 5.10 Å². The number of H-pyrrole nitrogens is 2. The van der Waals surface area contributed by atoms with Gasteiger partial charge in [-0.05, 0) is 32.9 Å². The molecule has 0 aliphatic rings. The normalized spacial score (nSPS) is 11.6. The molecule has 7 nitrogen and oxygen atoms in total. The predicted molar refractivity (Wildman–Crippen MR) is 87.6 cm³/mol. The van der Waals surface area contributed by atoms with Crippen LogP contribution in [-0.2, 0) is 10.0 Å². The van der Waals surface area contributed by atoms with E-state index in [4.69, 9.17) is 0 Å². The smallest absolute Gasteiger partial charge is 0.265 e. The second-order valence-corrected chi connectivity index (χ2v) is 6.94. The van der Waals surface area contributed by atoms with Crippen LogP contribution >= 0.6 is 0 Å². The van der Waals surface area contributed by atoms with Gasteiger partial charge in [0.2, 0.25) is 0 Å². The van der Waals surface area contributed by atoms with Crippen molar-refractivity contribution >= 4 is 15.7 Å². The number of hydrogen-bond donors (Lipinski definition) is 3. The van der Waals surface area contributed by atoms with E-state index in [9.17, 15) is 8.42 Å². The van der Waals surface area contributed by atoms with Crippen LogP contribution in [0.3, 0.4) is 0 Å². The van der Waals surface area contributed by atoms with Gasteiger partial charge in [0.05, 0.1) is 23.4 Å². The summed E-state index contributed by atoms with van der Waals surface area (Å²) >= 11 is 0. The van der Waals surface area contributed by atoms with E-state index >= 15 is 0 Å². The first-order valence-corrected chi connectivity index (χ1v) is 8.51. The van der Waals surface area contributed by atoms with Crippen LogP contribution in [0.15, 0.2) is 35.5 Å². The summed E-state index contributed by atoms with van der Waals surface area (Å²) in [6.07, 6.45) is 1.63. The Hall–Kier alpha value is -2.61. The fourth-order valence-corrected chi connectivity index (χ4v) is 3.92. The summed E-state index contributed by atoms with van der Waals surface area (Å²) < 4.78 is 27.5. The highest BCUT2D eigenvalue weighted by molar-refractivity contribution is 7.92. The Morgan fingerprint density at radius 3 is 2.26 bits per heavy atom. The van der Waals surface area contributed by atoms with Crippen molar-refractivity contribution in [3.8, 4) is 11.3 Å². The number of aryl methyl sites for hydroxylation is 3. The maximum Gasteiger partial charge on any atom is 0.265 e. The second kappa shape index (κ2) is 5.54. The first kappa shape index (κ1) is 15.3. The Bertz CT molecular complexity index is 919. The lowest BCUT2D eigenvalue weighted by atomic mass is 10.1. The Morgan fingerprint density at radius 1 is 1.04 bits per heavy atom. The number of aromatic amines is 2. The molecular formula is C15H17N5O2S. The Labute approximate surface area is 134 Å². The third-order valence-corrected chi connectivity index (χ3v) is 5.21. The van der Waals surface area contributed by atoms with Crippen LogP contribution in [0.25, 0.3) is 11.3 Å². The average Bonchev–Trinajstić information content (AvgIpc) is 3.05. The molecular weight excluding hydrogens is 314 g/mol. The predicted octanol–water partition coefficient (Wildman–Crippen LogP) is 2.53. The largest absolute Gasteiger partial charge is 0.348 e. The van der Waals surface area contributed by atoms with Crippen molar-refractivity contribution in [2.45, 2.75) is 25.7 Å². The molecule has 0 aliphatic carbocycles. The minimum atomic E-state index is -3.67. The van der Waals surface area contributed by atoms with Crippen molar-refractivity contribution in [2.24, 2.45) is 0 Å². The minimum Gasteiger partial charge on any atom is -0.348 e. The van der Waals surface area contributed by atoms with E-state index in [0.29, 0.717) is 17.1 Å². The fourth-order valence-electron chi connectivity index (χ4n) is 2.49. The molecule has 2 aromatic heterocycles. The zero-order valence-electron chi connectivity index (χ0n) is 13.0. The molecule has 0 radical (unpaired) electrons. The number of imidazole rings is 1. The molecule has 3 aromatic rings. The molecule has 0 aliphatic heterocycles. The highest BCUT2D eigenvalue weighted by Gasteiger charge is 2.22. The number of hydrogen-bond acceptors (Lipinski definition) is 4. The zero-order valence-corrected chi connectivity index (χ0v) is 13.8. The molecule has 0 fully saturated rings. The monoisotopic (exact) mass is 331 g/mol. The summed E-state index contributed by atoms with van der Waals surface area (Å²) in [4.78, 5) is 7.45. The molecule has 2 heterocycles. The maximum absolute atomic E-state index is 12.5. The Kier molecular flexibility index (Phi) is 3.69. The van der Waals surface area contributed by atoms with Gasteiger partial charge >= 0.3 is 0 Å².